The van der Waals surface area contributed by atoms with Crippen molar-refractivity contribution in [1.82, 2.24) is 0 Å². The number of hydrogen-bond acceptors (Lipinski definition) is 1. The van der Waals surface area contributed by atoms with Gasteiger partial charge in [0.15, 0.2) is 0 Å². The van der Waals surface area contributed by atoms with Crippen molar-refractivity contribution in [2.45, 2.75) is 18.5 Å². The molecule has 0 aromatic heterocycles. The summed E-state index contributed by atoms with van der Waals surface area (Å²) in [7, 11) is 0. The summed E-state index contributed by atoms with van der Waals surface area (Å²) in [5.41, 5.74) is 0.130. The van der Waals surface area contributed by atoms with Crippen LogP contribution in [0.3, 0.4) is 0 Å². The highest BCUT2D eigenvalue weighted by Gasteiger charge is 2.58. The Labute approximate surface area is 88.3 Å². The molecule has 0 spiro atoms. The molecule has 0 saturated heterocycles. The maximum atomic E-state index is 13.0. The van der Waals surface area contributed by atoms with Crippen LogP contribution in [0, 0.1) is 0 Å². The molecular formula is C10H8F5N. The Kier molecular flexibility index (Phi) is 2.32. The zero-order chi connectivity index (χ0) is 12.0. The number of anilines is 1. The summed E-state index contributed by atoms with van der Waals surface area (Å²) < 4.78 is 62.3. The van der Waals surface area contributed by atoms with Gasteiger partial charge in [-0.15, -0.1) is 0 Å². The molecule has 0 aliphatic carbocycles. The number of alkyl halides is 5. The first-order chi connectivity index (χ1) is 7.32. The lowest BCUT2D eigenvalue weighted by molar-refractivity contribution is -0.289. The van der Waals surface area contributed by atoms with E-state index in [1.54, 1.807) is 0 Å². The van der Waals surface area contributed by atoms with Crippen LogP contribution in [0.25, 0.3) is 0 Å². The normalized spacial score (nSPS) is 15.8. The molecule has 2 rings (SSSR count). The summed E-state index contributed by atoms with van der Waals surface area (Å²) in [6.45, 7) is 0.566. The second-order valence-corrected chi connectivity index (χ2v) is 3.62. The SMILES string of the molecule is FC(F)(F)C(F)(F)c1ccc2c(c1)CCN2. The van der Waals surface area contributed by atoms with Gasteiger partial charge in [0.2, 0.25) is 0 Å². The molecule has 16 heavy (non-hydrogen) atoms. The molecule has 1 aliphatic rings. The monoisotopic (exact) mass is 237 g/mol. The smallest absolute Gasteiger partial charge is 0.384 e. The van der Waals surface area contributed by atoms with Crippen LogP contribution in [0.5, 0.6) is 0 Å². The van der Waals surface area contributed by atoms with Crippen molar-refractivity contribution in [3.8, 4) is 0 Å². The van der Waals surface area contributed by atoms with Crippen LogP contribution in [-0.2, 0) is 12.3 Å². The fraction of sp³-hybridized carbons (Fsp3) is 0.400. The summed E-state index contributed by atoms with van der Waals surface area (Å²) in [4.78, 5) is 0. The van der Waals surface area contributed by atoms with Crippen LogP contribution in [0.15, 0.2) is 18.2 Å². The van der Waals surface area contributed by atoms with E-state index in [-0.39, 0.29) is 0 Å². The average molecular weight is 237 g/mol. The van der Waals surface area contributed by atoms with Crippen molar-refractivity contribution >= 4 is 5.69 Å². The second-order valence-electron chi connectivity index (χ2n) is 3.62. The Bertz CT molecular complexity index is 410. The third-order valence-electron chi connectivity index (χ3n) is 2.53. The van der Waals surface area contributed by atoms with E-state index in [9.17, 15) is 22.0 Å². The van der Waals surface area contributed by atoms with Gasteiger partial charge in [0, 0.05) is 17.8 Å². The topological polar surface area (TPSA) is 12.0 Å². The van der Waals surface area contributed by atoms with Gasteiger partial charge in [-0.05, 0) is 24.1 Å². The Morgan fingerprint density at radius 3 is 2.38 bits per heavy atom. The number of rotatable bonds is 1. The van der Waals surface area contributed by atoms with Crippen molar-refractivity contribution < 1.29 is 22.0 Å². The maximum Gasteiger partial charge on any atom is 0.458 e. The Hall–Kier alpha value is -1.33. The van der Waals surface area contributed by atoms with Crippen LogP contribution in [0.2, 0.25) is 0 Å². The van der Waals surface area contributed by atoms with E-state index in [1.165, 1.54) is 6.07 Å². The minimum Gasteiger partial charge on any atom is -0.384 e. The minimum absolute atomic E-state index is 0.469. The summed E-state index contributed by atoms with van der Waals surface area (Å²) >= 11 is 0. The lowest BCUT2D eigenvalue weighted by Gasteiger charge is -2.20. The zero-order valence-corrected chi connectivity index (χ0v) is 8.04. The second kappa shape index (κ2) is 3.33. The predicted octanol–water partition coefficient (Wildman–Crippen LogP) is 3.31. The highest BCUT2D eigenvalue weighted by Crippen LogP contribution is 2.44. The summed E-state index contributed by atoms with van der Waals surface area (Å²) in [6, 6.07) is 2.99. The highest BCUT2D eigenvalue weighted by atomic mass is 19.4. The van der Waals surface area contributed by atoms with Gasteiger partial charge in [0.05, 0.1) is 0 Å². The van der Waals surface area contributed by atoms with E-state index < -0.39 is 17.7 Å². The summed E-state index contributed by atoms with van der Waals surface area (Å²) in [5.74, 6) is -4.79. The molecule has 0 amide bonds. The molecule has 0 bridgehead atoms. The first-order valence-corrected chi connectivity index (χ1v) is 4.64. The van der Waals surface area contributed by atoms with Crippen molar-refractivity contribution in [2.24, 2.45) is 0 Å². The lowest BCUT2D eigenvalue weighted by atomic mass is 10.0. The molecule has 1 aromatic carbocycles. The van der Waals surface area contributed by atoms with E-state index in [0.29, 0.717) is 24.2 Å². The van der Waals surface area contributed by atoms with Gasteiger partial charge in [-0.1, -0.05) is 6.07 Å². The number of halogens is 5. The molecule has 1 aromatic rings. The molecule has 1 nitrogen and oxygen atoms in total. The summed E-state index contributed by atoms with van der Waals surface area (Å²) in [5, 5.41) is 2.89. The Balaban J connectivity index is 2.42. The molecular weight excluding hydrogens is 229 g/mol. The van der Waals surface area contributed by atoms with Gasteiger partial charge in [-0.25, -0.2) is 0 Å². The van der Waals surface area contributed by atoms with E-state index in [4.69, 9.17) is 0 Å². The van der Waals surface area contributed by atoms with Gasteiger partial charge in [-0.3, -0.25) is 0 Å². The van der Waals surface area contributed by atoms with Crippen LogP contribution >= 0.6 is 0 Å². The van der Waals surface area contributed by atoms with Crippen LogP contribution in [0.4, 0.5) is 27.6 Å². The largest absolute Gasteiger partial charge is 0.458 e. The number of benzene rings is 1. The standard InChI is InChI=1S/C10H8F5N/c11-9(12,10(13,14)15)7-1-2-8-6(5-7)3-4-16-8/h1-2,5,16H,3-4H2. The quantitative estimate of drug-likeness (QED) is 0.739. The Morgan fingerprint density at radius 2 is 1.75 bits per heavy atom. The highest BCUT2D eigenvalue weighted by molar-refractivity contribution is 5.57. The van der Waals surface area contributed by atoms with Gasteiger partial charge in [-0.2, -0.15) is 22.0 Å². The third kappa shape index (κ3) is 1.62. The first kappa shape index (κ1) is 11.2. The molecule has 6 heteroatoms. The number of hydrogen-bond donors (Lipinski definition) is 1. The fourth-order valence-corrected chi connectivity index (χ4v) is 1.66. The molecule has 1 N–H and O–H groups in total. The van der Waals surface area contributed by atoms with Gasteiger partial charge in [0.1, 0.15) is 0 Å². The maximum absolute atomic E-state index is 13.0. The minimum atomic E-state index is -5.55. The van der Waals surface area contributed by atoms with E-state index >= 15 is 0 Å². The van der Waals surface area contributed by atoms with Crippen LogP contribution in [0.1, 0.15) is 11.1 Å². The van der Waals surface area contributed by atoms with Gasteiger partial charge in [0.25, 0.3) is 0 Å². The van der Waals surface area contributed by atoms with Gasteiger partial charge >= 0.3 is 12.1 Å². The predicted molar refractivity (Wildman–Crippen MR) is 48.6 cm³/mol. The third-order valence-corrected chi connectivity index (χ3v) is 2.53. The van der Waals surface area contributed by atoms with Crippen molar-refractivity contribution in [3.63, 3.8) is 0 Å². The van der Waals surface area contributed by atoms with Crippen molar-refractivity contribution in [3.05, 3.63) is 29.3 Å². The molecule has 0 saturated carbocycles. The lowest BCUT2D eigenvalue weighted by Crippen LogP contribution is -2.33. The summed E-state index contributed by atoms with van der Waals surface area (Å²) in [6.07, 6.45) is -5.08. The number of nitrogens with one attached hydrogen (secondary N) is 1. The van der Waals surface area contributed by atoms with E-state index in [2.05, 4.69) is 5.32 Å². The molecule has 0 radical (unpaired) electrons. The zero-order valence-electron chi connectivity index (χ0n) is 8.04. The van der Waals surface area contributed by atoms with E-state index in [1.807, 2.05) is 0 Å². The molecule has 0 atom stereocenters. The Morgan fingerprint density at radius 1 is 1.06 bits per heavy atom. The first-order valence-electron chi connectivity index (χ1n) is 4.64. The van der Waals surface area contributed by atoms with Gasteiger partial charge < -0.3 is 5.32 Å². The average Bonchev–Trinajstić information content (AvgIpc) is 2.61. The molecule has 1 aliphatic heterocycles. The van der Waals surface area contributed by atoms with Crippen molar-refractivity contribution in [2.75, 3.05) is 11.9 Å². The fourth-order valence-electron chi connectivity index (χ4n) is 1.66. The molecule has 0 fully saturated rings. The van der Waals surface area contributed by atoms with Crippen LogP contribution in [-0.4, -0.2) is 12.7 Å². The molecule has 0 unspecified atom stereocenters. The number of fused-ring (bicyclic) bond motifs is 1. The molecule has 88 valence electrons. The van der Waals surface area contributed by atoms with Crippen molar-refractivity contribution in [1.29, 1.82) is 0 Å². The van der Waals surface area contributed by atoms with E-state index in [0.717, 1.165) is 12.1 Å². The molecule has 1 heterocycles. The van der Waals surface area contributed by atoms with Crippen LogP contribution < -0.4 is 5.32 Å².